The van der Waals surface area contributed by atoms with Crippen LogP contribution in [0.15, 0.2) is 30.7 Å². The number of rotatable bonds is 4. The molecule has 2 aliphatic rings. The van der Waals surface area contributed by atoms with E-state index in [2.05, 4.69) is 35.7 Å². The second kappa shape index (κ2) is 8.52. The van der Waals surface area contributed by atoms with Gasteiger partial charge in [0.25, 0.3) is 0 Å². The SMILES string of the molecule is FC(F)(F)c1ccc(CN2CCN(c3cc(N4CCCCC4)ncn3)CC2)cn1. The van der Waals surface area contributed by atoms with E-state index in [0.717, 1.165) is 62.5 Å². The van der Waals surface area contributed by atoms with Crippen LogP contribution in [0, 0.1) is 0 Å². The lowest BCUT2D eigenvalue weighted by atomic mass is 10.1. The molecule has 0 amide bonds. The van der Waals surface area contributed by atoms with Gasteiger partial charge in [0.1, 0.15) is 23.7 Å². The van der Waals surface area contributed by atoms with Gasteiger partial charge in [0.2, 0.25) is 0 Å². The number of halogens is 3. The molecular weight excluding hydrogens is 381 g/mol. The summed E-state index contributed by atoms with van der Waals surface area (Å²) in [5, 5.41) is 0. The van der Waals surface area contributed by atoms with Crippen LogP contribution in [0.25, 0.3) is 0 Å². The van der Waals surface area contributed by atoms with Crippen molar-refractivity contribution in [2.24, 2.45) is 0 Å². The van der Waals surface area contributed by atoms with Crippen molar-refractivity contribution < 1.29 is 13.2 Å². The second-order valence-corrected chi connectivity index (χ2v) is 7.59. The van der Waals surface area contributed by atoms with Crippen LogP contribution >= 0.6 is 0 Å². The Morgan fingerprint density at radius 1 is 0.793 bits per heavy atom. The molecule has 2 aromatic rings. The number of anilines is 2. The van der Waals surface area contributed by atoms with Crippen molar-refractivity contribution >= 4 is 11.6 Å². The Labute approximate surface area is 168 Å². The minimum atomic E-state index is -4.39. The zero-order valence-electron chi connectivity index (χ0n) is 16.3. The van der Waals surface area contributed by atoms with Crippen molar-refractivity contribution in [2.75, 3.05) is 49.1 Å². The topological polar surface area (TPSA) is 48.4 Å². The molecule has 2 saturated heterocycles. The third-order valence-corrected chi connectivity index (χ3v) is 5.54. The molecule has 4 heterocycles. The van der Waals surface area contributed by atoms with Crippen LogP contribution in [0.1, 0.15) is 30.5 Å². The highest BCUT2D eigenvalue weighted by molar-refractivity contribution is 5.50. The number of hydrogen-bond donors (Lipinski definition) is 0. The van der Waals surface area contributed by atoms with Crippen LogP contribution in [0.3, 0.4) is 0 Å². The molecule has 0 radical (unpaired) electrons. The van der Waals surface area contributed by atoms with Gasteiger partial charge in [-0.2, -0.15) is 13.2 Å². The van der Waals surface area contributed by atoms with E-state index in [1.807, 2.05) is 0 Å². The highest BCUT2D eigenvalue weighted by Gasteiger charge is 2.32. The summed E-state index contributed by atoms with van der Waals surface area (Å²) in [6.07, 6.45) is 2.26. The van der Waals surface area contributed by atoms with E-state index < -0.39 is 11.9 Å². The lowest BCUT2D eigenvalue weighted by Crippen LogP contribution is -2.46. The van der Waals surface area contributed by atoms with E-state index in [1.54, 1.807) is 6.33 Å². The Morgan fingerprint density at radius 3 is 2.03 bits per heavy atom. The van der Waals surface area contributed by atoms with Gasteiger partial charge in [0, 0.05) is 58.1 Å². The molecule has 0 atom stereocenters. The molecular formula is C20H25F3N6. The number of nitrogens with zero attached hydrogens (tertiary/aromatic N) is 6. The summed E-state index contributed by atoms with van der Waals surface area (Å²) in [5.41, 5.74) is -0.0554. The summed E-state index contributed by atoms with van der Waals surface area (Å²) < 4.78 is 37.9. The monoisotopic (exact) mass is 406 g/mol. The van der Waals surface area contributed by atoms with Crippen molar-refractivity contribution in [1.29, 1.82) is 0 Å². The predicted octanol–water partition coefficient (Wildman–Crippen LogP) is 3.20. The number of pyridine rings is 1. The fourth-order valence-corrected chi connectivity index (χ4v) is 3.89. The zero-order chi connectivity index (χ0) is 20.3. The van der Waals surface area contributed by atoms with E-state index >= 15 is 0 Å². The summed E-state index contributed by atoms with van der Waals surface area (Å²) in [4.78, 5) is 19.2. The van der Waals surface area contributed by atoms with Crippen LogP contribution in [-0.4, -0.2) is 59.1 Å². The first-order valence-corrected chi connectivity index (χ1v) is 10.1. The van der Waals surface area contributed by atoms with Crippen molar-refractivity contribution in [3.8, 4) is 0 Å². The molecule has 0 spiro atoms. The van der Waals surface area contributed by atoms with Crippen LogP contribution in [0.2, 0.25) is 0 Å². The maximum absolute atomic E-state index is 12.6. The van der Waals surface area contributed by atoms with Gasteiger partial charge < -0.3 is 9.80 Å². The highest BCUT2D eigenvalue weighted by atomic mass is 19.4. The molecule has 0 aromatic carbocycles. The van der Waals surface area contributed by atoms with E-state index in [4.69, 9.17) is 0 Å². The van der Waals surface area contributed by atoms with Gasteiger partial charge in [0.05, 0.1) is 0 Å². The fraction of sp³-hybridized carbons (Fsp3) is 0.550. The van der Waals surface area contributed by atoms with Gasteiger partial charge in [-0.05, 0) is 30.9 Å². The van der Waals surface area contributed by atoms with Gasteiger partial charge in [-0.25, -0.2) is 9.97 Å². The lowest BCUT2D eigenvalue weighted by Gasteiger charge is -2.36. The lowest BCUT2D eigenvalue weighted by molar-refractivity contribution is -0.141. The normalized spacial score (nSPS) is 18.9. The Hall–Kier alpha value is -2.42. The first-order chi connectivity index (χ1) is 14.0. The Bertz CT molecular complexity index is 797. The quantitative estimate of drug-likeness (QED) is 0.777. The average molecular weight is 406 g/mol. The van der Waals surface area contributed by atoms with Gasteiger partial charge in [-0.15, -0.1) is 0 Å². The molecule has 156 valence electrons. The zero-order valence-corrected chi connectivity index (χ0v) is 16.3. The van der Waals surface area contributed by atoms with Crippen molar-refractivity contribution in [3.05, 3.63) is 42.0 Å². The summed E-state index contributed by atoms with van der Waals surface area (Å²) in [7, 11) is 0. The maximum Gasteiger partial charge on any atom is 0.433 e. The van der Waals surface area contributed by atoms with E-state index in [0.29, 0.717) is 6.54 Å². The Kier molecular flexibility index (Phi) is 5.84. The van der Waals surface area contributed by atoms with Crippen LogP contribution in [-0.2, 0) is 12.7 Å². The highest BCUT2D eigenvalue weighted by Crippen LogP contribution is 2.27. The summed E-state index contributed by atoms with van der Waals surface area (Å²) in [6.45, 7) is 5.99. The molecule has 29 heavy (non-hydrogen) atoms. The third kappa shape index (κ3) is 4.95. The first kappa shape index (κ1) is 19.9. The van der Waals surface area contributed by atoms with E-state index in [-0.39, 0.29) is 0 Å². The van der Waals surface area contributed by atoms with E-state index in [9.17, 15) is 13.2 Å². The van der Waals surface area contributed by atoms with Gasteiger partial charge in [-0.1, -0.05) is 6.07 Å². The first-order valence-electron chi connectivity index (χ1n) is 10.1. The molecule has 0 N–H and O–H groups in total. The van der Waals surface area contributed by atoms with Crippen molar-refractivity contribution in [1.82, 2.24) is 19.9 Å². The largest absolute Gasteiger partial charge is 0.433 e. The predicted molar refractivity (Wildman–Crippen MR) is 105 cm³/mol. The second-order valence-electron chi connectivity index (χ2n) is 7.59. The molecule has 0 aliphatic carbocycles. The summed E-state index contributed by atoms with van der Waals surface area (Å²) in [6, 6.07) is 4.63. The fourth-order valence-electron chi connectivity index (χ4n) is 3.89. The van der Waals surface area contributed by atoms with Gasteiger partial charge in [-0.3, -0.25) is 9.88 Å². The number of alkyl halides is 3. The van der Waals surface area contributed by atoms with Crippen molar-refractivity contribution in [2.45, 2.75) is 32.0 Å². The summed E-state index contributed by atoms with van der Waals surface area (Å²) in [5.74, 6) is 1.93. The van der Waals surface area contributed by atoms with Gasteiger partial charge in [0.15, 0.2) is 0 Å². The number of hydrogen-bond acceptors (Lipinski definition) is 6. The third-order valence-electron chi connectivity index (χ3n) is 5.54. The Balaban J connectivity index is 1.32. The molecule has 0 saturated carbocycles. The number of aromatic nitrogens is 3. The smallest absolute Gasteiger partial charge is 0.356 e. The molecule has 4 rings (SSSR count). The van der Waals surface area contributed by atoms with E-state index in [1.165, 1.54) is 31.5 Å². The maximum atomic E-state index is 12.6. The number of piperazine rings is 1. The Morgan fingerprint density at radius 2 is 1.45 bits per heavy atom. The summed E-state index contributed by atoms with van der Waals surface area (Å²) >= 11 is 0. The average Bonchev–Trinajstić information content (AvgIpc) is 2.75. The molecule has 2 fully saturated rings. The molecule has 6 nitrogen and oxygen atoms in total. The molecule has 9 heteroatoms. The van der Waals surface area contributed by atoms with Crippen molar-refractivity contribution in [3.63, 3.8) is 0 Å². The van der Waals surface area contributed by atoms with Gasteiger partial charge >= 0.3 is 6.18 Å². The standard InChI is InChI=1S/C20H25F3N6/c21-20(22,23)17-5-4-16(13-24-17)14-27-8-10-29(11-9-27)19-12-18(25-15-26-19)28-6-2-1-3-7-28/h4-5,12-13,15H,1-3,6-11,14H2. The molecule has 0 bridgehead atoms. The van der Waals surface area contributed by atoms with Crippen LogP contribution in [0.4, 0.5) is 24.8 Å². The minimum absolute atomic E-state index is 0.599. The molecule has 0 unspecified atom stereocenters. The number of piperidine rings is 1. The van der Waals surface area contributed by atoms with Crippen LogP contribution in [0.5, 0.6) is 0 Å². The van der Waals surface area contributed by atoms with Crippen LogP contribution < -0.4 is 9.80 Å². The molecule has 2 aromatic heterocycles. The molecule has 2 aliphatic heterocycles. The minimum Gasteiger partial charge on any atom is -0.356 e.